The van der Waals surface area contributed by atoms with Crippen molar-refractivity contribution in [2.75, 3.05) is 0 Å². The van der Waals surface area contributed by atoms with Crippen LogP contribution in [0, 0.1) is 0 Å². The maximum Gasteiger partial charge on any atom is 0.160 e. The fourth-order valence-corrected chi connectivity index (χ4v) is 11.4. The van der Waals surface area contributed by atoms with Crippen molar-refractivity contribution in [1.82, 2.24) is 19.1 Å². The zero-order chi connectivity index (χ0) is 44.4. The minimum absolute atomic E-state index is 0.192. The molecule has 0 unspecified atom stereocenters. The lowest BCUT2D eigenvalue weighted by molar-refractivity contribution is 0.662. The van der Waals surface area contributed by atoms with Crippen LogP contribution in [-0.2, 0) is 5.41 Å². The predicted molar refractivity (Wildman–Crippen MR) is 281 cm³/mol. The van der Waals surface area contributed by atoms with Crippen molar-refractivity contribution in [2.24, 2.45) is 0 Å². The monoisotopic (exact) mass is 856 g/mol. The standard InChI is InChI=1S/C63H44N4/c1-63(2)54-36-41-19-10-9-18-40(41)33-49(54)50-37-53-52-35-43(42-28-30-58-51(34-42)47-24-12-14-27-57(47)66(58)45-21-7-4-8-22-45)29-31-59(52)67(60(53)38-55(50)63)46-23-15-20-44(32-46)62-64-56-26-13-11-25-48(56)61(65-62)39-16-5-3-6-17-39/h3,5-7,9-38H,4,8H2,1-2H3. The van der Waals surface area contributed by atoms with Crippen molar-refractivity contribution in [2.45, 2.75) is 32.1 Å². The summed E-state index contributed by atoms with van der Waals surface area (Å²) < 4.78 is 4.90. The van der Waals surface area contributed by atoms with E-state index < -0.39 is 0 Å². The number of fused-ring (bicyclic) bond motifs is 11. The molecule has 9 aromatic carbocycles. The van der Waals surface area contributed by atoms with E-state index in [9.17, 15) is 0 Å². The van der Waals surface area contributed by atoms with Gasteiger partial charge in [-0.05, 0) is 136 Å². The van der Waals surface area contributed by atoms with Gasteiger partial charge in [0.25, 0.3) is 0 Å². The number of para-hydroxylation sites is 2. The van der Waals surface area contributed by atoms with Crippen molar-refractivity contribution in [3.05, 3.63) is 217 Å². The fraction of sp³-hybridized carbons (Fsp3) is 0.0794. The minimum Gasteiger partial charge on any atom is -0.310 e. The molecule has 0 amide bonds. The smallest absolute Gasteiger partial charge is 0.160 e. The Morgan fingerprint density at radius 3 is 1.88 bits per heavy atom. The van der Waals surface area contributed by atoms with E-state index in [2.05, 4.69) is 229 Å². The first-order valence-electron chi connectivity index (χ1n) is 23.5. The van der Waals surface area contributed by atoms with Crippen molar-refractivity contribution >= 4 is 71.0 Å². The van der Waals surface area contributed by atoms with Crippen molar-refractivity contribution in [3.63, 3.8) is 0 Å². The van der Waals surface area contributed by atoms with Gasteiger partial charge in [-0.25, -0.2) is 9.97 Å². The largest absolute Gasteiger partial charge is 0.310 e. The number of nitrogens with zero attached hydrogens (tertiary/aromatic N) is 4. The summed E-state index contributed by atoms with van der Waals surface area (Å²) in [6.07, 6.45) is 9.09. The summed E-state index contributed by atoms with van der Waals surface area (Å²) in [5, 5.41) is 8.59. The summed E-state index contributed by atoms with van der Waals surface area (Å²) in [6.45, 7) is 4.78. The molecule has 0 radical (unpaired) electrons. The molecule has 2 aliphatic rings. The summed E-state index contributed by atoms with van der Waals surface area (Å²) in [6, 6.07) is 69.1. The molecule has 0 N–H and O–H groups in total. The first kappa shape index (κ1) is 38.0. The lowest BCUT2D eigenvalue weighted by Crippen LogP contribution is -2.15. The highest BCUT2D eigenvalue weighted by Crippen LogP contribution is 2.52. The highest BCUT2D eigenvalue weighted by Gasteiger charge is 2.37. The Morgan fingerprint density at radius 2 is 1.07 bits per heavy atom. The number of aromatic nitrogens is 4. The van der Waals surface area contributed by atoms with Crippen LogP contribution in [0.2, 0.25) is 0 Å². The van der Waals surface area contributed by atoms with Crippen LogP contribution < -0.4 is 0 Å². The van der Waals surface area contributed by atoms with Gasteiger partial charge in [0, 0.05) is 54.9 Å². The molecule has 0 fully saturated rings. The average molecular weight is 857 g/mol. The van der Waals surface area contributed by atoms with Gasteiger partial charge in [-0.2, -0.15) is 0 Å². The molecule has 0 bridgehead atoms. The average Bonchev–Trinajstić information content (AvgIpc) is 3.96. The molecular weight excluding hydrogens is 813 g/mol. The third-order valence-electron chi connectivity index (χ3n) is 14.7. The Hall–Kier alpha value is -8.34. The van der Waals surface area contributed by atoms with Crippen LogP contribution in [0.4, 0.5) is 0 Å². The van der Waals surface area contributed by atoms with E-state index in [-0.39, 0.29) is 5.41 Å². The topological polar surface area (TPSA) is 35.6 Å². The zero-order valence-corrected chi connectivity index (χ0v) is 37.3. The molecule has 0 spiro atoms. The number of hydrogen-bond acceptors (Lipinski definition) is 2. The third-order valence-corrected chi connectivity index (χ3v) is 14.7. The van der Waals surface area contributed by atoms with Gasteiger partial charge in [0.1, 0.15) is 0 Å². The molecular formula is C63H44N4. The zero-order valence-electron chi connectivity index (χ0n) is 37.3. The summed E-state index contributed by atoms with van der Waals surface area (Å²) in [4.78, 5) is 10.5. The molecule has 14 rings (SSSR count). The van der Waals surface area contributed by atoms with Crippen LogP contribution in [0.3, 0.4) is 0 Å². The second-order valence-corrected chi connectivity index (χ2v) is 18.9. The Labute approximate surface area is 388 Å². The van der Waals surface area contributed by atoms with E-state index >= 15 is 0 Å². The maximum atomic E-state index is 5.29. The van der Waals surface area contributed by atoms with E-state index in [0.717, 1.165) is 51.8 Å². The Balaban J connectivity index is 0.993. The van der Waals surface area contributed by atoms with Crippen LogP contribution in [0.1, 0.15) is 37.8 Å². The lowest BCUT2D eigenvalue weighted by atomic mass is 9.81. The number of allylic oxidation sites excluding steroid dienone is 4. The predicted octanol–water partition coefficient (Wildman–Crippen LogP) is 16.5. The second kappa shape index (κ2) is 14.3. The summed E-state index contributed by atoms with van der Waals surface area (Å²) in [5.41, 5.74) is 18.6. The molecule has 0 saturated carbocycles. The van der Waals surface area contributed by atoms with Crippen LogP contribution in [-0.4, -0.2) is 19.1 Å². The first-order valence-corrected chi connectivity index (χ1v) is 23.5. The maximum absolute atomic E-state index is 5.29. The van der Waals surface area contributed by atoms with E-state index in [1.54, 1.807) is 0 Å². The van der Waals surface area contributed by atoms with Crippen LogP contribution in [0.15, 0.2) is 206 Å². The SMILES string of the molecule is CC1(C)c2cc3ccccc3cc2-c2cc3c4cc(-c5ccc6c(c5)c5ccccc5n6C5=CCCC=C5)ccc4n(-c4cccc(-c5nc(-c6ccccc6)c6ccccc6n5)c4)c3cc21. The van der Waals surface area contributed by atoms with E-state index in [1.807, 2.05) is 0 Å². The summed E-state index contributed by atoms with van der Waals surface area (Å²) in [7, 11) is 0. The fourth-order valence-electron chi connectivity index (χ4n) is 11.4. The van der Waals surface area contributed by atoms with Crippen molar-refractivity contribution in [3.8, 4) is 50.6 Å². The normalized spacial score (nSPS) is 14.1. The summed E-state index contributed by atoms with van der Waals surface area (Å²) in [5.74, 6) is 0.708. The van der Waals surface area contributed by atoms with Gasteiger partial charge in [-0.15, -0.1) is 0 Å². The number of hydrogen-bond donors (Lipinski definition) is 0. The van der Waals surface area contributed by atoms with Gasteiger partial charge in [-0.3, -0.25) is 0 Å². The van der Waals surface area contributed by atoms with Gasteiger partial charge in [0.05, 0.1) is 33.3 Å². The van der Waals surface area contributed by atoms with E-state index in [4.69, 9.17) is 9.97 Å². The Morgan fingerprint density at radius 1 is 0.433 bits per heavy atom. The van der Waals surface area contributed by atoms with Crippen LogP contribution in [0.5, 0.6) is 0 Å². The molecule has 0 aliphatic heterocycles. The minimum atomic E-state index is -0.192. The van der Waals surface area contributed by atoms with Gasteiger partial charge in [0.15, 0.2) is 5.82 Å². The molecule has 12 aromatic rings. The van der Waals surface area contributed by atoms with E-state index in [0.29, 0.717) is 5.82 Å². The molecule has 3 aromatic heterocycles. The number of benzene rings is 9. The molecule has 67 heavy (non-hydrogen) atoms. The molecule has 2 aliphatic carbocycles. The molecule has 3 heterocycles. The van der Waals surface area contributed by atoms with Crippen molar-refractivity contribution < 1.29 is 0 Å². The van der Waals surface area contributed by atoms with Gasteiger partial charge in [0.2, 0.25) is 0 Å². The van der Waals surface area contributed by atoms with Crippen molar-refractivity contribution in [1.29, 1.82) is 0 Å². The Bertz CT molecular complexity index is 4120. The van der Waals surface area contributed by atoms with Gasteiger partial charge >= 0.3 is 0 Å². The molecule has 0 atom stereocenters. The first-order chi connectivity index (χ1) is 33.0. The van der Waals surface area contributed by atoms with Gasteiger partial charge < -0.3 is 9.13 Å². The second-order valence-electron chi connectivity index (χ2n) is 18.9. The van der Waals surface area contributed by atoms with Crippen LogP contribution in [0.25, 0.3) is 122 Å². The quantitative estimate of drug-likeness (QED) is 0.173. The van der Waals surface area contributed by atoms with Gasteiger partial charge in [-0.1, -0.05) is 141 Å². The third kappa shape index (κ3) is 5.72. The van der Waals surface area contributed by atoms with Crippen LogP contribution >= 0.6 is 0 Å². The molecule has 316 valence electrons. The lowest BCUT2D eigenvalue weighted by Gasteiger charge is -2.22. The highest BCUT2D eigenvalue weighted by molar-refractivity contribution is 6.15. The highest BCUT2D eigenvalue weighted by atomic mass is 15.0. The Kier molecular flexibility index (Phi) is 8.12. The summed E-state index contributed by atoms with van der Waals surface area (Å²) >= 11 is 0. The molecule has 0 saturated heterocycles. The number of rotatable bonds is 5. The molecule has 4 heteroatoms. The molecule has 4 nitrogen and oxygen atoms in total. The van der Waals surface area contributed by atoms with E-state index in [1.165, 1.54) is 87.9 Å².